The summed E-state index contributed by atoms with van der Waals surface area (Å²) in [5.74, 6) is 0.689. The van der Waals surface area contributed by atoms with Crippen molar-refractivity contribution in [3.05, 3.63) is 54.1 Å². The lowest BCUT2D eigenvalue weighted by molar-refractivity contribution is -0.115. The third-order valence-corrected chi connectivity index (χ3v) is 3.09. The van der Waals surface area contributed by atoms with Crippen LogP contribution in [0.5, 0.6) is 11.5 Å². The van der Waals surface area contributed by atoms with Gasteiger partial charge in [-0.05, 0) is 36.4 Å². The second-order valence-corrected chi connectivity index (χ2v) is 4.61. The second-order valence-electron chi connectivity index (χ2n) is 4.61. The van der Waals surface area contributed by atoms with Crippen LogP contribution in [-0.2, 0) is 4.79 Å². The van der Waals surface area contributed by atoms with Crippen LogP contribution >= 0.6 is 0 Å². The number of hydrogen-bond donors (Lipinski definition) is 1. The Morgan fingerprint density at radius 3 is 2.27 bits per heavy atom. The van der Waals surface area contributed by atoms with E-state index in [1.54, 1.807) is 62.8 Å². The number of methoxy groups -OCH3 is 2. The third kappa shape index (κ3) is 4.09. The minimum Gasteiger partial charge on any atom is -0.497 e. The highest BCUT2D eigenvalue weighted by molar-refractivity contribution is 6.11. The van der Waals surface area contributed by atoms with Crippen molar-refractivity contribution in [3.8, 4) is 11.5 Å². The van der Waals surface area contributed by atoms with Gasteiger partial charge in [0.25, 0.3) is 0 Å². The largest absolute Gasteiger partial charge is 0.497 e. The molecule has 2 aromatic carbocycles. The van der Waals surface area contributed by atoms with E-state index in [1.165, 1.54) is 0 Å². The van der Waals surface area contributed by atoms with E-state index in [4.69, 9.17) is 9.47 Å². The highest BCUT2D eigenvalue weighted by atomic mass is 16.5. The first-order valence-corrected chi connectivity index (χ1v) is 6.73. The Morgan fingerprint density at radius 2 is 1.64 bits per heavy atom. The molecule has 5 heteroatoms. The van der Waals surface area contributed by atoms with Gasteiger partial charge in [-0.25, -0.2) is 0 Å². The summed E-state index contributed by atoms with van der Waals surface area (Å²) < 4.78 is 10.1. The highest BCUT2D eigenvalue weighted by Crippen LogP contribution is 2.17. The van der Waals surface area contributed by atoms with Crippen molar-refractivity contribution < 1.29 is 19.1 Å². The molecule has 114 valence electrons. The molecule has 0 radical (unpaired) electrons. The van der Waals surface area contributed by atoms with Crippen LogP contribution in [0.25, 0.3) is 0 Å². The van der Waals surface area contributed by atoms with Crippen molar-refractivity contribution in [2.45, 2.75) is 6.42 Å². The van der Waals surface area contributed by atoms with Gasteiger partial charge in [0.15, 0.2) is 5.78 Å². The summed E-state index contributed by atoms with van der Waals surface area (Å²) in [5, 5.41) is 2.68. The fourth-order valence-electron chi connectivity index (χ4n) is 1.93. The smallest absolute Gasteiger partial charge is 0.232 e. The van der Waals surface area contributed by atoms with E-state index >= 15 is 0 Å². The van der Waals surface area contributed by atoms with Crippen molar-refractivity contribution in [1.29, 1.82) is 0 Å². The number of Topliss-reactive ketones (excluding diaryl/α,β-unsaturated/α-hetero) is 1. The first-order valence-electron chi connectivity index (χ1n) is 6.73. The monoisotopic (exact) mass is 299 g/mol. The Hall–Kier alpha value is -2.82. The average Bonchev–Trinajstić information content (AvgIpc) is 2.55. The van der Waals surface area contributed by atoms with Gasteiger partial charge in [-0.2, -0.15) is 0 Å². The van der Waals surface area contributed by atoms with Gasteiger partial charge >= 0.3 is 0 Å². The molecule has 2 rings (SSSR count). The Kier molecular flexibility index (Phi) is 5.14. The molecule has 0 fully saturated rings. The number of ether oxygens (including phenoxy) is 2. The molecule has 1 amide bonds. The number of rotatable bonds is 6. The minimum atomic E-state index is -0.367. The van der Waals surface area contributed by atoms with Crippen molar-refractivity contribution in [3.63, 3.8) is 0 Å². The second kappa shape index (κ2) is 7.26. The lowest BCUT2D eigenvalue weighted by Gasteiger charge is -2.07. The zero-order chi connectivity index (χ0) is 15.9. The topological polar surface area (TPSA) is 64.6 Å². The van der Waals surface area contributed by atoms with Crippen LogP contribution in [-0.4, -0.2) is 25.9 Å². The summed E-state index contributed by atoms with van der Waals surface area (Å²) in [6.45, 7) is 0. The number of hydrogen-bond acceptors (Lipinski definition) is 4. The van der Waals surface area contributed by atoms with Gasteiger partial charge in [0.1, 0.15) is 11.5 Å². The Bertz CT molecular complexity index is 665. The quantitative estimate of drug-likeness (QED) is 0.658. The molecule has 22 heavy (non-hydrogen) atoms. The third-order valence-electron chi connectivity index (χ3n) is 3.09. The Labute approximate surface area is 128 Å². The van der Waals surface area contributed by atoms with Crippen molar-refractivity contribution >= 4 is 17.4 Å². The van der Waals surface area contributed by atoms with Crippen LogP contribution < -0.4 is 14.8 Å². The van der Waals surface area contributed by atoms with E-state index in [1.807, 2.05) is 0 Å². The molecule has 0 aliphatic carbocycles. The van der Waals surface area contributed by atoms with Crippen LogP contribution in [0.1, 0.15) is 16.8 Å². The van der Waals surface area contributed by atoms with Gasteiger partial charge in [-0.15, -0.1) is 0 Å². The number of benzene rings is 2. The zero-order valence-electron chi connectivity index (χ0n) is 12.5. The molecule has 0 aromatic heterocycles. The molecule has 5 nitrogen and oxygen atoms in total. The normalized spacial score (nSPS) is 9.91. The van der Waals surface area contributed by atoms with E-state index in [2.05, 4.69) is 5.32 Å². The lowest BCUT2D eigenvalue weighted by atomic mass is 10.1. The molecule has 0 aliphatic rings. The molecule has 0 heterocycles. The van der Waals surface area contributed by atoms with Crippen LogP contribution in [0.3, 0.4) is 0 Å². The molecule has 0 saturated heterocycles. The summed E-state index contributed by atoms with van der Waals surface area (Å²) in [7, 11) is 3.10. The lowest BCUT2D eigenvalue weighted by Crippen LogP contribution is -2.16. The summed E-state index contributed by atoms with van der Waals surface area (Å²) >= 11 is 0. The molecular weight excluding hydrogens is 282 g/mol. The molecule has 0 bridgehead atoms. The highest BCUT2D eigenvalue weighted by Gasteiger charge is 2.12. The number of carbonyl (C=O) groups is 2. The first kappa shape index (κ1) is 15.6. The fourth-order valence-corrected chi connectivity index (χ4v) is 1.93. The Balaban J connectivity index is 1.96. The van der Waals surface area contributed by atoms with Crippen molar-refractivity contribution in [2.75, 3.05) is 19.5 Å². The Morgan fingerprint density at radius 1 is 0.955 bits per heavy atom. The number of anilines is 1. The van der Waals surface area contributed by atoms with E-state index in [0.29, 0.717) is 22.7 Å². The maximum atomic E-state index is 12.0. The predicted octanol–water partition coefficient (Wildman–Crippen LogP) is 2.92. The summed E-state index contributed by atoms with van der Waals surface area (Å²) in [6.07, 6.45) is -0.219. The predicted molar refractivity (Wildman–Crippen MR) is 83.6 cm³/mol. The van der Waals surface area contributed by atoms with Crippen molar-refractivity contribution in [1.82, 2.24) is 0 Å². The van der Waals surface area contributed by atoms with Gasteiger partial charge < -0.3 is 14.8 Å². The van der Waals surface area contributed by atoms with Crippen LogP contribution in [0.15, 0.2) is 48.5 Å². The summed E-state index contributed by atoms with van der Waals surface area (Å²) in [4.78, 5) is 24.0. The number of nitrogens with one attached hydrogen (secondary N) is 1. The van der Waals surface area contributed by atoms with E-state index in [0.717, 1.165) is 0 Å². The molecule has 0 saturated carbocycles. The van der Waals surface area contributed by atoms with Gasteiger partial charge in [-0.1, -0.05) is 6.07 Å². The summed E-state index contributed by atoms with van der Waals surface area (Å²) in [5.41, 5.74) is 1.06. The van der Waals surface area contributed by atoms with Crippen molar-refractivity contribution in [2.24, 2.45) is 0 Å². The molecule has 2 aromatic rings. The standard InChI is InChI=1S/C17H17NO4/c1-21-14-8-6-12(7-9-14)16(19)11-17(20)18-13-4-3-5-15(10-13)22-2/h3-10H,11H2,1-2H3,(H,18,20). The minimum absolute atomic E-state index is 0.219. The number of ketones is 1. The fraction of sp³-hybridized carbons (Fsp3) is 0.176. The molecular formula is C17H17NO4. The van der Waals surface area contributed by atoms with Gasteiger partial charge in [-0.3, -0.25) is 9.59 Å². The van der Waals surface area contributed by atoms with Gasteiger partial charge in [0.2, 0.25) is 5.91 Å². The van der Waals surface area contributed by atoms with E-state index in [-0.39, 0.29) is 18.1 Å². The molecule has 0 spiro atoms. The zero-order valence-corrected chi connectivity index (χ0v) is 12.5. The molecule has 0 unspecified atom stereocenters. The molecule has 1 N–H and O–H groups in total. The van der Waals surface area contributed by atoms with E-state index < -0.39 is 0 Å². The number of carbonyl (C=O) groups excluding carboxylic acids is 2. The maximum absolute atomic E-state index is 12.0. The average molecular weight is 299 g/mol. The van der Waals surface area contributed by atoms with Gasteiger partial charge in [0, 0.05) is 17.3 Å². The maximum Gasteiger partial charge on any atom is 0.232 e. The van der Waals surface area contributed by atoms with Crippen LogP contribution in [0, 0.1) is 0 Å². The first-order chi connectivity index (χ1) is 10.6. The van der Waals surface area contributed by atoms with Crippen LogP contribution in [0.2, 0.25) is 0 Å². The van der Waals surface area contributed by atoms with Crippen LogP contribution in [0.4, 0.5) is 5.69 Å². The van der Waals surface area contributed by atoms with E-state index in [9.17, 15) is 9.59 Å². The summed E-state index contributed by atoms with van der Waals surface area (Å²) in [6, 6.07) is 13.6. The number of amides is 1. The molecule has 0 atom stereocenters. The van der Waals surface area contributed by atoms with Gasteiger partial charge in [0.05, 0.1) is 20.6 Å². The molecule has 0 aliphatic heterocycles. The SMILES string of the molecule is COc1ccc(C(=O)CC(=O)Nc2cccc(OC)c2)cc1.